The fourth-order valence-corrected chi connectivity index (χ4v) is 5.19. The Hall–Kier alpha value is -3.41. The first kappa shape index (κ1) is 22.4. The van der Waals surface area contributed by atoms with E-state index in [0.29, 0.717) is 23.5 Å². The van der Waals surface area contributed by atoms with Gasteiger partial charge in [-0.15, -0.1) is 0 Å². The molecule has 1 atom stereocenters. The molecular weight excluding hydrogens is 439 g/mol. The summed E-state index contributed by atoms with van der Waals surface area (Å²) in [7, 11) is 1.62. The van der Waals surface area contributed by atoms with Crippen LogP contribution >= 0.6 is 0 Å². The van der Waals surface area contributed by atoms with Crippen molar-refractivity contribution in [2.24, 2.45) is 0 Å². The second-order valence-corrected chi connectivity index (χ2v) is 9.47. The van der Waals surface area contributed by atoms with Crippen LogP contribution in [-0.2, 0) is 12.6 Å². The molecule has 0 amide bonds. The summed E-state index contributed by atoms with van der Waals surface area (Å²) in [6, 6.07) is 15.2. The van der Waals surface area contributed by atoms with Crippen LogP contribution in [0, 0.1) is 0 Å². The monoisotopic (exact) mass is 465 g/mol. The summed E-state index contributed by atoms with van der Waals surface area (Å²) in [4.78, 5) is 0. The molecule has 0 spiro atoms. The fourth-order valence-electron chi connectivity index (χ4n) is 5.19. The van der Waals surface area contributed by atoms with Gasteiger partial charge in [-0.3, -0.25) is 0 Å². The van der Waals surface area contributed by atoms with E-state index in [-0.39, 0.29) is 5.54 Å². The van der Waals surface area contributed by atoms with Crippen LogP contribution in [0.25, 0.3) is 16.7 Å². The van der Waals surface area contributed by atoms with Crippen molar-refractivity contribution in [2.45, 2.75) is 45.0 Å². The van der Waals surface area contributed by atoms with Crippen molar-refractivity contribution in [2.75, 3.05) is 12.4 Å². The zero-order valence-corrected chi connectivity index (χ0v) is 19.5. The third kappa shape index (κ3) is 3.81. The minimum absolute atomic E-state index is 0.215. The molecule has 3 aromatic rings. The molecule has 3 nitrogen and oxygen atoms in total. The zero-order chi connectivity index (χ0) is 24.3. The number of benzene rings is 3. The lowest BCUT2D eigenvalue weighted by atomic mass is 9.80. The van der Waals surface area contributed by atoms with Crippen LogP contribution in [0.2, 0.25) is 0 Å². The van der Waals surface area contributed by atoms with Gasteiger partial charge in [-0.1, -0.05) is 36.4 Å². The van der Waals surface area contributed by atoms with Gasteiger partial charge in [0.25, 0.3) is 0 Å². The number of nitrogens with one attached hydrogen (secondary N) is 1. The molecule has 0 radical (unpaired) electrons. The van der Waals surface area contributed by atoms with Gasteiger partial charge in [0.2, 0.25) is 0 Å². The van der Waals surface area contributed by atoms with Gasteiger partial charge in [0, 0.05) is 23.2 Å². The number of methoxy groups -OCH3 is 1. The molecule has 0 aliphatic carbocycles. The number of anilines is 1. The first-order valence-electron chi connectivity index (χ1n) is 11.2. The maximum Gasteiger partial charge on any atom is 0.416 e. The highest BCUT2D eigenvalue weighted by atomic mass is 19.4. The average Bonchev–Trinajstić information content (AvgIpc) is 2.77. The molecule has 2 heterocycles. The van der Waals surface area contributed by atoms with Crippen molar-refractivity contribution in [3.05, 3.63) is 82.9 Å². The van der Waals surface area contributed by atoms with Gasteiger partial charge >= 0.3 is 6.18 Å². The normalized spacial score (nSPS) is 18.0. The minimum atomic E-state index is -4.39. The number of ether oxygens (including phenoxy) is 2. The molecule has 1 unspecified atom stereocenters. The Morgan fingerprint density at radius 2 is 1.79 bits per heavy atom. The summed E-state index contributed by atoms with van der Waals surface area (Å²) in [5, 5.41) is 3.57. The van der Waals surface area contributed by atoms with E-state index in [4.69, 9.17) is 9.47 Å². The van der Waals surface area contributed by atoms with E-state index in [9.17, 15) is 13.2 Å². The number of rotatable bonds is 3. The Kier molecular flexibility index (Phi) is 5.15. The molecule has 0 saturated heterocycles. The predicted octanol–water partition coefficient (Wildman–Crippen LogP) is 7.66. The molecule has 2 aliphatic rings. The van der Waals surface area contributed by atoms with Gasteiger partial charge in [-0.05, 0) is 61.7 Å². The van der Waals surface area contributed by atoms with Crippen molar-refractivity contribution >= 4 is 11.3 Å². The Morgan fingerprint density at radius 3 is 2.53 bits per heavy atom. The number of fused-ring (bicyclic) bond motifs is 5. The SMILES string of the molecule is COc1cccc2c1-c1ccc3c(c1C(Cc1cccc(C(F)(F)F)c1)O2)C(C)=CC(C)(C)N3. The third-order valence-corrected chi connectivity index (χ3v) is 6.42. The number of hydrogen-bond acceptors (Lipinski definition) is 3. The van der Waals surface area contributed by atoms with Crippen LogP contribution in [0.4, 0.5) is 18.9 Å². The summed E-state index contributed by atoms with van der Waals surface area (Å²) < 4.78 is 52.2. The van der Waals surface area contributed by atoms with Gasteiger partial charge in [-0.25, -0.2) is 0 Å². The standard InChI is InChI=1S/C28H26F3NO2/c1-16-15-27(2,3)32-20-12-11-19-25-21(33-4)9-6-10-22(25)34-23(26(19)24(16)20)14-17-7-5-8-18(13-17)28(29,30)31/h5-13,15,23,32H,14H2,1-4H3. The number of alkyl halides is 3. The highest BCUT2D eigenvalue weighted by molar-refractivity contribution is 5.91. The second-order valence-electron chi connectivity index (χ2n) is 9.47. The fraction of sp³-hybridized carbons (Fsp3) is 0.286. The quantitative estimate of drug-likeness (QED) is 0.431. The van der Waals surface area contributed by atoms with Crippen LogP contribution in [0.5, 0.6) is 11.5 Å². The maximum atomic E-state index is 13.4. The Labute approximate surface area is 197 Å². The van der Waals surface area contributed by atoms with Crippen molar-refractivity contribution < 1.29 is 22.6 Å². The molecule has 2 aliphatic heterocycles. The van der Waals surface area contributed by atoms with Crippen LogP contribution < -0.4 is 14.8 Å². The third-order valence-electron chi connectivity index (χ3n) is 6.42. The predicted molar refractivity (Wildman–Crippen MR) is 128 cm³/mol. The Balaban J connectivity index is 1.69. The number of allylic oxidation sites excluding steroid dienone is 1. The lowest BCUT2D eigenvalue weighted by Crippen LogP contribution is -2.32. The van der Waals surface area contributed by atoms with Gasteiger partial charge < -0.3 is 14.8 Å². The summed E-state index contributed by atoms with van der Waals surface area (Å²) in [5.74, 6) is 1.36. The maximum absolute atomic E-state index is 13.4. The molecular formula is C28H26F3NO2. The van der Waals surface area contributed by atoms with E-state index in [0.717, 1.165) is 39.6 Å². The molecule has 6 heteroatoms. The van der Waals surface area contributed by atoms with Crippen molar-refractivity contribution in [3.8, 4) is 22.6 Å². The van der Waals surface area contributed by atoms with E-state index in [1.54, 1.807) is 13.2 Å². The lowest BCUT2D eigenvalue weighted by Gasteiger charge is -2.37. The molecule has 0 bridgehead atoms. The van der Waals surface area contributed by atoms with Crippen molar-refractivity contribution in [1.82, 2.24) is 0 Å². The largest absolute Gasteiger partial charge is 0.496 e. The number of halogens is 3. The van der Waals surface area contributed by atoms with E-state index >= 15 is 0 Å². The van der Waals surface area contributed by atoms with Gasteiger partial charge in [0.15, 0.2) is 0 Å². The van der Waals surface area contributed by atoms with E-state index < -0.39 is 17.8 Å². The van der Waals surface area contributed by atoms with Crippen LogP contribution in [-0.4, -0.2) is 12.6 Å². The molecule has 176 valence electrons. The smallest absolute Gasteiger partial charge is 0.416 e. The van der Waals surface area contributed by atoms with E-state index in [2.05, 4.69) is 44.3 Å². The van der Waals surface area contributed by atoms with Crippen molar-refractivity contribution in [3.63, 3.8) is 0 Å². The molecule has 5 rings (SSSR count). The first-order chi connectivity index (χ1) is 16.1. The summed E-state index contributed by atoms with van der Waals surface area (Å²) >= 11 is 0. The molecule has 34 heavy (non-hydrogen) atoms. The Bertz CT molecular complexity index is 1310. The highest BCUT2D eigenvalue weighted by Crippen LogP contribution is 2.52. The minimum Gasteiger partial charge on any atom is -0.496 e. The van der Waals surface area contributed by atoms with Gasteiger partial charge in [0.1, 0.15) is 17.6 Å². The second kappa shape index (κ2) is 7.83. The summed E-state index contributed by atoms with van der Waals surface area (Å²) in [6.07, 6.45) is -2.37. The molecule has 0 fully saturated rings. The van der Waals surface area contributed by atoms with Gasteiger partial charge in [-0.2, -0.15) is 13.2 Å². The van der Waals surface area contributed by atoms with E-state index in [1.807, 2.05) is 18.2 Å². The lowest BCUT2D eigenvalue weighted by molar-refractivity contribution is -0.137. The van der Waals surface area contributed by atoms with Crippen LogP contribution in [0.15, 0.2) is 60.7 Å². The first-order valence-corrected chi connectivity index (χ1v) is 11.2. The van der Waals surface area contributed by atoms with Crippen LogP contribution in [0.3, 0.4) is 0 Å². The molecule has 0 saturated carbocycles. The average molecular weight is 466 g/mol. The zero-order valence-electron chi connectivity index (χ0n) is 19.5. The number of hydrogen-bond donors (Lipinski definition) is 1. The summed E-state index contributed by atoms with van der Waals surface area (Å²) in [6.45, 7) is 6.28. The molecule has 3 aromatic carbocycles. The highest BCUT2D eigenvalue weighted by Gasteiger charge is 2.36. The van der Waals surface area contributed by atoms with Crippen LogP contribution in [0.1, 0.15) is 49.1 Å². The molecule has 1 N–H and O–H groups in total. The van der Waals surface area contributed by atoms with Crippen molar-refractivity contribution in [1.29, 1.82) is 0 Å². The topological polar surface area (TPSA) is 30.5 Å². The molecule has 0 aromatic heterocycles. The van der Waals surface area contributed by atoms with Gasteiger partial charge in [0.05, 0.1) is 23.8 Å². The van der Waals surface area contributed by atoms with E-state index in [1.165, 1.54) is 12.1 Å². The summed E-state index contributed by atoms with van der Waals surface area (Å²) in [5.41, 5.74) is 5.62. The Morgan fingerprint density at radius 1 is 1.03 bits per heavy atom.